The molecule has 0 radical (unpaired) electrons. The van der Waals surface area contributed by atoms with Crippen molar-refractivity contribution in [2.45, 2.75) is 32.6 Å². The topological polar surface area (TPSA) is 64.6 Å². The SMILES string of the molecule is COc1ccc([C@@H]2C3=C(CC(C)(C)CC3=O)NC3=C2C(=O)c2ccccc23)cc1OC. The van der Waals surface area contributed by atoms with Crippen LogP contribution in [0.15, 0.2) is 59.3 Å². The Labute approximate surface area is 181 Å². The van der Waals surface area contributed by atoms with Gasteiger partial charge in [-0.25, -0.2) is 0 Å². The maximum atomic E-state index is 13.5. The van der Waals surface area contributed by atoms with Crippen LogP contribution in [0.5, 0.6) is 11.5 Å². The predicted octanol–water partition coefficient (Wildman–Crippen LogP) is 4.64. The minimum absolute atomic E-state index is 0.0259. The van der Waals surface area contributed by atoms with E-state index in [0.29, 0.717) is 34.6 Å². The first-order valence-corrected chi connectivity index (χ1v) is 10.5. The number of carbonyl (C=O) groups is 2. The van der Waals surface area contributed by atoms with Crippen LogP contribution in [0.1, 0.15) is 54.1 Å². The van der Waals surface area contributed by atoms with Crippen LogP contribution < -0.4 is 14.8 Å². The van der Waals surface area contributed by atoms with E-state index in [9.17, 15) is 9.59 Å². The Morgan fingerprint density at radius 3 is 2.32 bits per heavy atom. The highest BCUT2D eigenvalue weighted by Crippen LogP contribution is 2.51. The van der Waals surface area contributed by atoms with Crippen molar-refractivity contribution in [1.82, 2.24) is 5.32 Å². The molecule has 0 bridgehead atoms. The summed E-state index contributed by atoms with van der Waals surface area (Å²) < 4.78 is 10.9. The third kappa shape index (κ3) is 2.91. The summed E-state index contributed by atoms with van der Waals surface area (Å²) in [4.78, 5) is 26.9. The molecule has 1 heterocycles. The summed E-state index contributed by atoms with van der Waals surface area (Å²) in [5, 5.41) is 3.50. The lowest BCUT2D eigenvalue weighted by Crippen LogP contribution is -2.37. The number of Topliss-reactive ketones (excluding diaryl/α,β-unsaturated/α-hetero) is 2. The average molecular weight is 415 g/mol. The zero-order valence-corrected chi connectivity index (χ0v) is 18.2. The van der Waals surface area contributed by atoms with E-state index in [4.69, 9.17) is 9.47 Å². The highest BCUT2D eigenvalue weighted by Gasteiger charge is 2.46. The lowest BCUT2D eigenvalue weighted by molar-refractivity contribution is -0.118. The van der Waals surface area contributed by atoms with Gasteiger partial charge in [-0.15, -0.1) is 0 Å². The third-order valence-electron chi connectivity index (χ3n) is 6.47. The first-order valence-electron chi connectivity index (χ1n) is 10.5. The van der Waals surface area contributed by atoms with Gasteiger partial charge in [0.15, 0.2) is 23.1 Å². The van der Waals surface area contributed by atoms with Gasteiger partial charge in [0.25, 0.3) is 0 Å². The normalized spacial score (nSPS) is 21.4. The standard InChI is InChI=1S/C26H25NO4/c1-26(2)12-17-22(18(28)13-26)21(14-9-10-19(30-3)20(11-14)31-4)23-24(27-17)15-7-5-6-8-16(15)25(23)29/h5-11,21,27H,12-13H2,1-4H3/t21-/m1/s1. The second kappa shape index (κ2) is 6.84. The van der Waals surface area contributed by atoms with Crippen LogP contribution in [-0.2, 0) is 4.79 Å². The van der Waals surface area contributed by atoms with Gasteiger partial charge >= 0.3 is 0 Å². The Morgan fingerprint density at radius 2 is 1.61 bits per heavy atom. The lowest BCUT2D eigenvalue weighted by Gasteiger charge is -2.39. The summed E-state index contributed by atoms with van der Waals surface area (Å²) in [5.74, 6) is 0.820. The molecule has 3 aliphatic rings. The summed E-state index contributed by atoms with van der Waals surface area (Å²) >= 11 is 0. The van der Waals surface area contributed by atoms with E-state index in [1.165, 1.54) is 0 Å². The Balaban J connectivity index is 1.75. The van der Waals surface area contributed by atoms with Crippen LogP contribution in [0.3, 0.4) is 0 Å². The first kappa shape index (κ1) is 19.6. The fourth-order valence-corrected chi connectivity index (χ4v) is 5.16. The van der Waals surface area contributed by atoms with E-state index < -0.39 is 5.92 Å². The second-order valence-corrected chi connectivity index (χ2v) is 9.17. The lowest BCUT2D eigenvalue weighted by atomic mass is 9.68. The Hall–Kier alpha value is -3.34. The average Bonchev–Trinajstić information content (AvgIpc) is 3.03. The van der Waals surface area contributed by atoms with Crippen LogP contribution >= 0.6 is 0 Å². The van der Waals surface area contributed by atoms with Crippen molar-refractivity contribution < 1.29 is 19.1 Å². The highest BCUT2D eigenvalue weighted by atomic mass is 16.5. The van der Waals surface area contributed by atoms with Crippen molar-refractivity contribution in [3.05, 3.63) is 76.0 Å². The molecule has 0 spiro atoms. The zero-order chi connectivity index (χ0) is 21.9. The minimum Gasteiger partial charge on any atom is -0.493 e. The number of rotatable bonds is 3. The molecule has 1 aliphatic heterocycles. The van der Waals surface area contributed by atoms with Gasteiger partial charge in [-0.1, -0.05) is 44.2 Å². The molecule has 2 aromatic rings. The number of allylic oxidation sites excluding steroid dienone is 3. The number of fused-ring (bicyclic) bond motifs is 2. The number of dihydropyridines is 1. The molecular weight excluding hydrogens is 390 g/mol. The van der Waals surface area contributed by atoms with E-state index in [-0.39, 0.29) is 17.0 Å². The van der Waals surface area contributed by atoms with Crippen LogP contribution in [-0.4, -0.2) is 25.8 Å². The van der Waals surface area contributed by atoms with Crippen molar-refractivity contribution in [1.29, 1.82) is 0 Å². The number of methoxy groups -OCH3 is 2. The third-order valence-corrected chi connectivity index (χ3v) is 6.47. The smallest absolute Gasteiger partial charge is 0.192 e. The molecule has 0 unspecified atom stereocenters. The molecule has 0 saturated carbocycles. The quantitative estimate of drug-likeness (QED) is 0.791. The minimum atomic E-state index is -0.436. The summed E-state index contributed by atoms with van der Waals surface area (Å²) in [7, 11) is 3.18. The number of hydrogen-bond donors (Lipinski definition) is 1. The van der Waals surface area contributed by atoms with Gasteiger partial charge in [0.1, 0.15) is 0 Å². The number of hydrogen-bond acceptors (Lipinski definition) is 5. The van der Waals surface area contributed by atoms with Gasteiger partial charge in [-0.05, 0) is 29.5 Å². The molecule has 5 heteroatoms. The molecule has 1 atom stereocenters. The maximum Gasteiger partial charge on any atom is 0.192 e. The van der Waals surface area contributed by atoms with Crippen LogP contribution in [0.2, 0.25) is 0 Å². The summed E-state index contributed by atoms with van der Waals surface area (Å²) in [6.07, 6.45) is 1.21. The van der Waals surface area contributed by atoms with E-state index in [1.807, 2.05) is 42.5 Å². The summed E-state index contributed by atoms with van der Waals surface area (Å²) in [6.45, 7) is 4.22. The Bertz CT molecular complexity index is 1200. The maximum absolute atomic E-state index is 13.5. The summed E-state index contributed by atoms with van der Waals surface area (Å²) in [5.41, 5.74) is 5.38. The Kier molecular flexibility index (Phi) is 4.33. The fraction of sp³-hybridized carbons (Fsp3) is 0.308. The van der Waals surface area contributed by atoms with Crippen LogP contribution in [0, 0.1) is 5.41 Å². The molecule has 0 saturated heterocycles. The van der Waals surface area contributed by atoms with E-state index in [2.05, 4.69) is 19.2 Å². The van der Waals surface area contributed by atoms with Crippen molar-refractivity contribution >= 4 is 17.3 Å². The van der Waals surface area contributed by atoms with Crippen LogP contribution in [0.4, 0.5) is 0 Å². The van der Waals surface area contributed by atoms with Crippen LogP contribution in [0.25, 0.3) is 5.70 Å². The second-order valence-electron chi connectivity index (χ2n) is 9.17. The Morgan fingerprint density at radius 1 is 0.903 bits per heavy atom. The van der Waals surface area contributed by atoms with Crippen molar-refractivity contribution in [3.8, 4) is 11.5 Å². The van der Waals surface area contributed by atoms with Crippen molar-refractivity contribution in [3.63, 3.8) is 0 Å². The van der Waals surface area contributed by atoms with E-state index in [0.717, 1.165) is 28.9 Å². The number of ketones is 2. The van der Waals surface area contributed by atoms with Gasteiger partial charge in [0, 0.05) is 40.3 Å². The number of ether oxygens (including phenoxy) is 2. The largest absolute Gasteiger partial charge is 0.493 e. The number of benzene rings is 2. The molecule has 31 heavy (non-hydrogen) atoms. The molecule has 1 N–H and O–H groups in total. The summed E-state index contributed by atoms with van der Waals surface area (Å²) in [6, 6.07) is 13.3. The van der Waals surface area contributed by atoms with E-state index >= 15 is 0 Å². The molecule has 0 fully saturated rings. The molecule has 5 nitrogen and oxygen atoms in total. The van der Waals surface area contributed by atoms with Gasteiger partial charge in [-0.2, -0.15) is 0 Å². The fourth-order valence-electron chi connectivity index (χ4n) is 5.16. The molecule has 158 valence electrons. The zero-order valence-electron chi connectivity index (χ0n) is 18.2. The molecule has 0 aromatic heterocycles. The van der Waals surface area contributed by atoms with Gasteiger partial charge < -0.3 is 14.8 Å². The molecule has 0 amide bonds. The van der Waals surface area contributed by atoms with Gasteiger partial charge in [0.2, 0.25) is 0 Å². The molecule has 5 rings (SSSR count). The van der Waals surface area contributed by atoms with Gasteiger partial charge in [-0.3, -0.25) is 9.59 Å². The highest BCUT2D eigenvalue weighted by molar-refractivity contribution is 6.23. The first-order chi connectivity index (χ1) is 14.8. The predicted molar refractivity (Wildman–Crippen MR) is 118 cm³/mol. The van der Waals surface area contributed by atoms with Crippen molar-refractivity contribution in [2.75, 3.05) is 14.2 Å². The van der Waals surface area contributed by atoms with E-state index in [1.54, 1.807) is 14.2 Å². The van der Waals surface area contributed by atoms with Gasteiger partial charge in [0.05, 0.1) is 19.9 Å². The molecular formula is C26H25NO4. The molecule has 2 aliphatic carbocycles. The molecule has 2 aromatic carbocycles. The van der Waals surface area contributed by atoms with Crippen molar-refractivity contribution in [2.24, 2.45) is 5.41 Å². The number of nitrogens with one attached hydrogen (secondary N) is 1. The number of carbonyl (C=O) groups excluding carboxylic acids is 2. The monoisotopic (exact) mass is 415 g/mol.